The lowest BCUT2D eigenvalue weighted by molar-refractivity contribution is 0.580. The summed E-state index contributed by atoms with van der Waals surface area (Å²) in [5, 5.41) is 7.66. The number of thiazole rings is 1. The average molecular weight is 365 g/mol. The summed E-state index contributed by atoms with van der Waals surface area (Å²) in [5.41, 5.74) is 0.439. The summed E-state index contributed by atoms with van der Waals surface area (Å²) in [6.07, 6.45) is 2.71. The Morgan fingerprint density at radius 3 is 2.96 bits per heavy atom. The molecule has 1 fully saturated rings. The molecule has 0 saturated carbocycles. The fourth-order valence-electron chi connectivity index (χ4n) is 2.88. The quantitative estimate of drug-likeness (QED) is 0.646. The van der Waals surface area contributed by atoms with Gasteiger partial charge in [0.25, 0.3) is 0 Å². The number of hydrogen-bond donors (Lipinski definition) is 2. The van der Waals surface area contributed by atoms with E-state index in [1.807, 2.05) is 18.0 Å². The molecule has 0 aliphatic carbocycles. The molecule has 2 aromatic rings. The molecule has 2 N–H and O–H groups in total. The standard InChI is InChI=1S/C17H21F2N5S/c1-11-21-8-14(25-11)9-22-17(20-2)23-13-5-6-24(10-13)16-4-3-12(18)7-15(16)19/h3-4,7-8,13H,5-6,9-10H2,1-2H3,(H2,20,22,23). The van der Waals surface area contributed by atoms with Gasteiger partial charge in [-0.15, -0.1) is 11.3 Å². The number of halogens is 2. The van der Waals surface area contributed by atoms with Gasteiger partial charge in [0.2, 0.25) is 0 Å². The van der Waals surface area contributed by atoms with Crippen LogP contribution in [0.2, 0.25) is 0 Å². The van der Waals surface area contributed by atoms with Gasteiger partial charge in [-0.3, -0.25) is 4.99 Å². The zero-order valence-corrected chi connectivity index (χ0v) is 15.0. The number of nitrogens with one attached hydrogen (secondary N) is 2. The van der Waals surface area contributed by atoms with Gasteiger partial charge in [-0.1, -0.05) is 0 Å². The number of aryl methyl sites for hydroxylation is 1. The van der Waals surface area contributed by atoms with E-state index in [2.05, 4.69) is 20.6 Å². The number of rotatable bonds is 4. The Morgan fingerprint density at radius 1 is 1.44 bits per heavy atom. The fourth-order valence-corrected chi connectivity index (χ4v) is 3.62. The normalized spacial score (nSPS) is 17.8. The zero-order chi connectivity index (χ0) is 17.8. The third-order valence-electron chi connectivity index (χ3n) is 4.10. The van der Waals surface area contributed by atoms with E-state index in [-0.39, 0.29) is 6.04 Å². The molecule has 5 nitrogen and oxygen atoms in total. The molecule has 1 aromatic heterocycles. The van der Waals surface area contributed by atoms with Crippen LogP contribution in [0.1, 0.15) is 16.3 Å². The average Bonchev–Trinajstić information content (AvgIpc) is 3.20. The number of aliphatic imine (C=N–C) groups is 1. The number of aromatic nitrogens is 1. The molecule has 8 heteroatoms. The van der Waals surface area contributed by atoms with Crippen LogP contribution in [0.3, 0.4) is 0 Å². The first-order valence-electron chi connectivity index (χ1n) is 8.13. The van der Waals surface area contributed by atoms with E-state index >= 15 is 0 Å². The van der Waals surface area contributed by atoms with Gasteiger partial charge in [0, 0.05) is 43.3 Å². The smallest absolute Gasteiger partial charge is 0.191 e. The van der Waals surface area contributed by atoms with Crippen LogP contribution in [0.4, 0.5) is 14.5 Å². The summed E-state index contributed by atoms with van der Waals surface area (Å²) in [6, 6.07) is 3.86. The van der Waals surface area contributed by atoms with Crippen LogP contribution in [0.5, 0.6) is 0 Å². The van der Waals surface area contributed by atoms with Crippen molar-refractivity contribution in [2.45, 2.75) is 25.9 Å². The second-order valence-electron chi connectivity index (χ2n) is 5.94. The lowest BCUT2D eigenvalue weighted by Crippen LogP contribution is -2.44. The van der Waals surface area contributed by atoms with Gasteiger partial charge in [0.15, 0.2) is 5.96 Å². The fraction of sp³-hybridized carbons (Fsp3) is 0.412. The molecule has 1 atom stereocenters. The third kappa shape index (κ3) is 4.45. The molecule has 0 radical (unpaired) electrons. The lowest BCUT2D eigenvalue weighted by Gasteiger charge is -2.20. The van der Waals surface area contributed by atoms with Gasteiger partial charge in [-0.25, -0.2) is 13.8 Å². The first kappa shape index (κ1) is 17.6. The highest BCUT2D eigenvalue weighted by Crippen LogP contribution is 2.24. The van der Waals surface area contributed by atoms with E-state index in [1.165, 1.54) is 12.1 Å². The van der Waals surface area contributed by atoms with Gasteiger partial charge in [-0.2, -0.15) is 0 Å². The van der Waals surface area contributed by atoms with Crippen LogP contribution in [0.15, 0.2) is 29.4 Å². The first-order chi connectivity index (χ1) is 12.0. The van der Waals surface area contributed by atoms with E-state index < -0.39 is 11.6 Å². The molecule has 1 saturated heterocycles. The van der Waals surface area contributed by atoms with Crippen LogP contribution >= 0.6 is 11.3 Å². The SMILES string of the molecule is CN=C(NCc1cnc(C)s1)NC1CCN(c2ccc(F)cc2F)C1. The van der Waals surface area contributed by atoms with E-state index in [0.717, 1.165) is 22.4 Å². The van der Waals surface area contributed by atoms with Crippen molar-refractivity contribution in [3.05, 3.63) is 45.9 Å². The molecule has 1 aliphatic rings. The molecule has 1 aliphatic heterocycles. The van der Waals surface area contributed by atoms with E-state index in [4.69, 9.17) is 0 Å². The van der Waals surface area contributed by atoms with Crippen LogP contribution in [-0.4, -0.2) is 37.1 Å². The third-order valence-corrected chi connectivity index (χ3v) is 5.02. The highest BCUT2D eigenvalue weighted by Gasteiger charge is 2.25. The molecule has 134 valence electrons. The van der Waals surface area contributed by atoms with Crippen molar-refractivity contribution in [2.24, 2.45) is 4.99 Å². The molecule has 25 heavy (non-hydrogen) atoms. The summed E-state index contributed by atoms with van der Waals surface area (Å²) in [5.74, 6) is -0.376. The minimum absolute atomic E-state index is 0.152. The predicted molar refractivity (Wildman–Crippen MR) is 97.2 cm³/mol. The van der Waals surface area contributed by atoms with Crippen LogP contribution in [0, 0.1) is 18.6 Å². The van der Waals surface area contributed by atoms with Crippen molar-refractivity contribution in [3.8, 4) is 0 Å². The Kier molecular flexibility index (Phi) is 5.47. The first-order valence-corrected chi connectivity index (χ1v) is 8.95. The molecule has 0 bridgehead atoms. The van der Waals surface area contributed by atoms with Crippen LogP contribution < -0.4 is 15.5 Å². The highest BCUT2D eigenvalue weighted by atomic mass is 32.1. The van der Waals surface area contributed by atoms with Gasteiger partial charge in [0.1, 0.15) is 11.6 Å². The van der Waals surface area contributed by atoms with Crippen molar-refractivity contribution in [1.29, 1.82) is 0 Å². The second kappa shape index (κ2) is 7.77. The molecule has 1 aromatic carbocycles. The van der Waals surface area contributed by atoms with Crippen LogP contribution in [0.25, 0.3) is 0 Å². The van der Waals surface area contributed by atoms with Gasteiger partial charge in [-0.05, 0) is 25.5 Å². The summed E-state index contributed by atoms with van der Waals surface area (Å²) >= 11 is 1.65. The molecule has 0 amide bonds. The van der Waals surface area contributed by atoms with Crippen molar-refractivity contribution in [1.82, 2.24) is 15.6 Å². The van der Waals surface area contributed by atoms with Crippen molar-refractivity contribution in [3.63, 3.8) is 0 Å². The molecular weight excluding hydrogens is 344 g/mol. The molecule has 1 unspecified atom stereocenters. The second-order valence-corrected chi connectivity index (χ2v) is 7.26. The lowest BCUT2D eigenvalue weighted by atomic mass is 10.2. The number of nitrogens with zero attached hydrogens (tertiary/aromatic N) is 3. The summed E-state index contributed by atoms with van der Waals surface area (Å²) < 4.78 is 27.0. The van der Waals surface area contributed by atoms with Gasteiger partial charge >= 0.3 is 0 Å². The minimum atomic E-state index is -0.557. The Hall–Kier alpha value is -2.22. The van der Waals surface area contributed by atoms with E-state index in [1.54, 1.807) is 18.4 Å². The summed E-state index contributed by atoms with van der Waals surface area (Å²) in [7, 11) is 1.72. The Bertz CT molecular complexity index is 761. The van der Waals surface area contributed by atoms with Gasteiger partial charge < -0.3 is 15.5 Å². The monoisotopic (exact) mass is 365 g/mol. The Morgan fingerprint density at radius 2 is 2.28 bits per heavy atom. The maximum atomic E-state index is 13.9. The summed E-state index contributed by atoms with van der Waals surface area (Å²) in [4.78, 5) is 11.5. The maximum Gasteiger partial charge on any atom is 0.191 e. The minimum Gasteiger partial charge on any atom is -0.367 e. The van der Waals surface area contributed by atoms with E-state index in [0.29, 0.717) is 31.3 Å². The molecular formula is C17H21F2N5S. The van der Waals surface area contributed by atoms with Crippen LogP contribution in [-0.2, 0) is 6.54 Å². The van der Waals surface area contributed by atoms with E-state index in [9.17, 15) is 8.78 Å². The Labute approximate surface area is 149 Å². The maximum absolute atomic E-state index is 13.9. The molecule has 3 rings (SSSR count). The zero-order valence-electron chi connectivity index (χ0n) is 14.2. The number of hydrogen-bond acceptors (Lipinski definition) is 4. The molecule has 2 heterocycles. The number of guanidine groups is 1. The molecule has 0 spiro atoms. The topological polar surface area (TPSA) is 52.6 Å². The van der Waals surface area contributed by atoms with Crippen molar-refractivity contribution in [2.75, 3.05) is 25.0 Å². The number of benzene rings is 1. The largest absolute Gasteiger partial charge is 0.367 e. The number of anilines is 1. The van der Waals surface area contributed by atoms with Crippen molar-refractivity contribution < 1.29 is 8.78 Å². The highest BCUT2D eigenvalue weighted by molar-refractivity contribution is 7.11. The summed E-state index contributed by atoms with van der Waals surface area (Å²) in [6.45, 7) is 3.99. The Balaban J connectivity index is 1.54. The van der Waals surface area contributed by atoms with Gasteiger partial charge in [0.05, 0.1) is 17.2 Å². The predicted octanol–water partition coefficient (Wildman–Crippen LogP) is 2.67. The van der Waals surface area contributed by atoms with Crippen molar-refractivity contribution >= 4 is 23.0 Å².